The van der Waals surface area contributed by atoms with E-state index in [1.807, 2.05) is 12.1 Å². The van der Waals surface area contributed by atoms with Gasteiger partial charge in [-0.2, -0.15) is 0 Å². The van der Waals surface area contributed by atoms with Crippen LogP contribution in [0.4, 0.5) is 5.69 Å². The topological polar surface area (TPSA) is 29.1 Å². The Morgan fingerprint density at radius 1 is 1.19 bits per heavy atom. The fraction of sp³-hybridized carbons (Fsp3) is 0.300. The highest BCUT2D eigenvalue weighted by Gasteiger charge is 2.24. The minimum Gasteiger partial charge on any atom is -0.323 e. The molecule has 0 atom stereocenters. The Hall–Kier alpha value is 0.610. The van der Waals surface area contributed by atoms with Crippen LogP contribution < -0.4 is 5.32 Å². The Morgan fingerprint density at radius 3 is 2.00 bits per heavy atom. The number of halogens is 4. The number of rotatable bonds is 2. The number of nitrogens with one attached hydrogen (secondary N) is 1. The summed E-state index contributed by atoms with van der Waals surface area (Å²) in [6, 6.07) is 3.75. The summed E-state index contributed by atoms with van der Waals surface area (Å²) in [5.74, 6) is -0.101. The van der Waals surface area contributed by atoms with Gasteiger partial charge in [0.05, 0.1) is 10.0 Å². The number of alkyl halides is 1. The number of carbonyl (C=O) groups is 1. The van der Waals surface area contributed by atoms with Gasteiger partial charge in [-0.1, -0.05) is 31.9 Å². The van der Waals surface area contributed by atoms with Crippen LogP contribution in [0.25, 0.3) is 0 Å². The highest BCUT2D eigenvalue weighted by Crippen LogP contribution is 2.35. The standard InChI is InChI=1S/C10H9Br4NO/c1-10(2,14)9(16)15-8-6(12)3-5(11)4-7(8)13/h3-4H,1-2H3,(H,15,16). The van der Waals surface area contributed by atoms with Crippen molar-refractivity contribution in [2.45, 2.75) is 18.2 Å². The number of anilines is 1. The zero-order valence-electron chi connectivity index (χ0n) is 8.57. The summed E-state index contributed by atoms with van der Waals surface area (Å²) in [6.07, 6.45) is 0. The molecule has 2 nitrogen and oxygen atoms in total. The van der Waals surface area contributed by atoms with Crippen molar-refractivity contribution in [1.82, 2.24) is 0 Å². The lowest BCUT2D eigenvalue weighted by Gasteiger charge is -2.17. The van der Waals surface area contributed by atoms with Crippen LogP contribution in [0.5, 0.6) is 0 Å². The van der Waals surface area contributed by atoms with E-state index >= 15 is 0 Å². The minimum atomic E-state index is -0.598. The first kappa shape index (κ1) is 14.7. The van der Waals surface area contributed by atoms with Crippen molar-refractivity contribution in [1.29, 1.82) is 0 Å². The SMILES string of the molecule is CC(C)(Br)C(=O)Nc1c(Br)cc(Br)cc1Br. The molecule has 6 heteroatoms. The number of carbonyl (C=O) groups excluding carboxylic acids is 1. The van der Waals surface area contributed by atoms with E-state index in [2.05, 4.69) is 69.0 Å². The van der Waals surface area contributed by atoms with Crippen molar-refractivity contribution in [3.63, 3.8) is 0 Å². The van der Waals surface area contributed by atoms with Crippen LogP contribution in [0.2, 0.25) is 0 Å². The van der Waals surface area contributed by atoms with Gasteiger partial charge in [0.1, 0.15) is 0 Å². The van der Waals surface area contributed by atoms with Gasteiger partial charge < -0.3 is 5.32 Å². The lowest BCUT2D eigenvalue weighted by atomic mass is 10.2. The van der Waals surface area contributed by atoms with Gasteiger partial charge >= 0.3 is 0 Å². The molecule has 0 saturated heterocycles. The summed E-state index contributed by atoms with van der Waals surface area (Å²) in [7, 11) is 0. The molecule has 1 aromatic rings. The molecular formula is C10H9Br4NO. The van der Waals surface area contributed by atoms with Crippen LogP contribution in [0.3, 0.4) is 0 Å². The summed E-state index contributed by atoms with van der Waals surface area (Å²) < 4.78 is 1.97. The second-order valence-electron chi connectivity index (χ2n) is 3.67. The molecule has 0 saturated carbocycles. The second kappa shape index (κ2) is 5.50. The molecule has 0 radical (unpaired) electrons. The first-order valence-corrected chi connectivity index (χ1v) is 7.54. The molecule has 88 valence electrons. The molecule has 0 fully saturated rings. The molecule has 1 aromatic carbocycles. The van der Waals surface area contributed by atoms with E-state index in [-0.39, 0.29) is 5.91 Å². The zero-order chi connectivity index (χ0) is 12.5. The van der Waals surface area contributed by atoms with Gasteiger partial charge in [0.15, 0.2) is 0 Å². The second-order valence-corrected chi connectivity index (χ2v) is 8.28. The van der Waals surface area contributed by atoms with Crippen LogP contribution in [-0.2, 0) is 4.79 Å². The monoisotopic (exact) mass is 475 g/mol. The molecule has 0 aliphatic rings. The zero-order valence-corrected chi connectivity index (χ0v) is 14.9. The van der Waals surface area contributed by atoms with E-state index in [0.29, 0.717) is 0 Å². The van der Waals surface area contributed by atoms with Crippen molar-refractivity contribution >= 4 is 75.3 Å². The van der Waals surface area contributed by atoms with Gasteiger partial charge in [-0.15, -0.1) is 0 Å². The maximum absolute atomic E-state index is 11.8. The quantitative estimate of drug-likeness (QED) is 0.590. The first-order valence-electron chi connectivity index (χ1n) is 4.36. The largest absolute Gasteiger partial charge is 0.323 e. The molecule has 1 amide bonds. The van der Waals surface area contributed by atoms with E-state index in [0.717, 1.165) is 19.1 Å². The first-order chi connectivity index (χ1) is 7.21. The van der Waals surface area contributed by atoms with Crippen molar-refractivity contribution in [2.24, 2.45) is 0 Å². The third-order valence-corrected chi connectivity index (χ3v) is 3.85. The van der Waals surface area contributed by atoms with Crippen LogP contribution in [0, 0.1) is 0 Å². The van der Waals surface area contributed by atoms with E-state index < -0.39 is 4.32 Å². The van der Waals surface area contributed by atoms with Crippen LogP contribution >= 0.6 is 63.7 Å². The fourth-order valence-corrected chi connectivity index (χ4v) is 3.48. The molecule has 16 heavy (non-hydrogen) atoms. The van der Waals surface area contributed by atoms with Crippen molar-refractivity contribution in [2.75, 3.05) is 5.32 Å². The molecular weight excluding hydrogens is 470 g/mol. The summed E-state index contributed by atoms with van der Waals surface area (Å²) in [5, 5.41) is 2.85. The fourth-order valence-electron chi connectivity index (χ4n) is 0.924. The number of benzene rings is 1. The van der Waals surface area contributed by atoms with Crippen molar-refractivity contribution < 1.29 is 4.79 Å². The molecule has 1 N–H and O–H groups in total. The number of hydrogen-bond acceptors (Lipinski definition) is 1. The Balaban J connectivity index is 3.03. The van der Waals surface area contributed by atoms with Gasteiger partial charge in [-0.3, -0.25) is 4.79 Å². The highest BCUT2D eigenvalue weighted by molar-refractivity contribution is 9.11. The summed E-state index contributed by atoms with van der Waals surface area (Å²) in [5.41, 5.74) is 0.723. The van der Waals surface area contributed by atoms with Gasteiger partial charge in [0, 0.05) is 13.4 Å². The average molecular weight is 479 g/mol. The number of amides is 1. The molecule has 0 spiro atoms. The number of hydrogen-bond donors (Lipinski definition) is 1. The summed E-state index contributed by atoms with van der Waals surface area (Å²) in [4.78, 5) is 11.8. The third kappa shape index (κ3) is 3.82. The van der Waals surface area contributed by atoms with Gasteiger partial charge in [0.25, 0.3) is 0 Å². The Kier molecular flexibility index (Phi) is 5.04. The van der Waals surface area contributed by atoms with Gasteiger partial charge in [0.2, 0.25) is 5.91 Å². The predicted molar refractivity (Wildman–Crippen MR) is 81.2 cm³/mol. The molecule has 0 unspecified atom stereocenters. The molecule has 0 aliphatic heterocycles. The average Bonchev–Trinajstić information content (AvgIpc) is 2.08. The highest BCUT2D eigenvalue weighted by atomic mass is 79.9. The van der Waals surface area contributed by atoms with E-state index in [9.17, 15) is 4.79 Å². The van der Waals surface area contributed by atoms with E-state index in [1.165, 1.54) is 0 Å². The lowest BCUT2D eigenvalue weighted by Crippen LogP contribution is -2.31. The van der Waals surface area contributed by atoms with E-state index in [1.54, 1.807) is 13.8 Å². The third-order valence-electron chi connectivity index (χ3n) is 1.79. The lowest BCUT2D eigenvalue weighted by molar-refractivity contribution is -0.117. The van der Waals surface area contributed by atoms with Gasteiger partial charge in [-0.05, 0) is 57.8 Å². The maximum atomic E-state index is 11.8. The van der Waals surface area contributed by atoms with Crippen molar-refractivity contribution in [3.05, 3.63) is 25.6 Å². The van der Waals surface area contributed by atoms with Crippen LogP contribution in [-0.4, -0.2) is 10.2 Å². The Bertz CT molecular complexity index is 402. The maximum Gasteiger partial charge on any atom is 0.240 e. The van der Waals surface area contributed by atoms with Gasteiger partial charge in [-0.25, -0.2) is 0 Å². The summed E-state index contributed by atoms with van der Waals surface area (Å²) in [6.45, 7) is 3.59. The van der Waals surface area contributed by atoms with Crippen molar-refractivity contribution in [3.8, 4) is 0 Å². The molecule has 0 heterocycles. The summed E-state index contributed by atoms with van der Waals surface area (Å²) >= 11 is 13.5. The predicted octanol–water partition coefficient (Wildman–Crippen LogP) is 5.09. The van der Waals surface area contributed by atoms with E-state index in [4.69, 9.17) is 0 Å². The molecule has 0 aromatic heterocycles. The Labute approximate surface area is 128 Å². The molecule has 0 bridgehead atoms. The minimum absolute atomic E-state index is 0.101. The smallest absolute Gasteiger partial charge is 0.240 e. The normalized spacial score (nSPS) is 11.4. The van der Waals surface area contributed by atoms with Crippen LogP contribution in [0.1, 0.15) is 13.8 Å². The molecule has 1 rings (SSSR count). The molecule has 0 aliphatic carbocycles. The van der Waals surface area contributed by atoms with Crippen LogP contribution in [0.15, 0.2) is 25.6 Å². The Morgan fingerprint density at radius 2 is 1.62 bits per heavy atom.